The number of benzene rings is 3. The number of rotatable bonds is 11. The van der Waals surface area contributed by atoms with Gasteiger partial charge >= 0.3 is 5.97 Å². The molecule has 1 aliphatic rings. The molecule has 0 aromatic heterocycles. The molecule has 1 saturated heterocycles. The fraction of sp³-hybridized carbons (Fsp3) is 0.412. The molecule has 1 fully saturated rings. The normalized spacial score (nSPS) is 22.0. The van der Waals surface area contributed by atoms with Crippen LogP contribution in [-0.4, -0.2) is 52.2 Å². The number of likely N-dealkylation sites (tertiary alicyclic amines) is 1. The van der Waals surface area contributed by atoms with Crippen molar-refractivity contribution in [3.63, 3.8) is 0 Å². The lowest BCUT2D eigenvalue weighted by molar-refractivity contribution is -0.121. The van der Waals surface area contributed by atoms with Gasteiger partial charge in [0.1, 0.15) is 11.6 Å². The minimum atomic E-state index is -1.64. The number of nitrogens with zero attached hydrogens (tertiary/aromatic N) is 1. The summed E-state index contributed by atoms with van der Waals surface area (Å²) >= 11 is 12.4. The molecule has 3 aromatic carbocycles. The van der Waals surface area contributed by atoms with Crippen LogP contribution in [0.3, 0.4) is 0 Å². The number of hydrogen-bond acceptors (Lipinski definition) is 5. The summed E-state index contributed by atoms with van der Waals surface area (Å²) in [6.07, 6.45) is 2.21. The van der Waals surface area contributed by atoms with Crippen molar-refractivity contribution in [3.05, 3.63) is 99.0 Å². The standard InChI is InChI=1S/C34H39Cl2F2N3O4/c1-33(2,3)19-27-34(39,24-15-12-21(35)18-26(24)37)28(23-8-7-9-25(36)29(23)38)30(41(27)16-5-4-6-17-42)31(43)40-22-13-10-20(11-14-22)32(44)45/h7-15,18,27-28,30,42H,4-6,16-17,19,39H2,1-3H3,(H,40,43)(H,44,45)/t27-,28-,30+,34+/m0/s1. The van der Waals surface area contributed by atoms with E-state index in [0.29, 0.717) is 37.9 Å². The van der Waals surface area contributed by atoms with Gasteiger partial charge in [0, 0.05) is 34.8 Å². The van der Waals surface area contributed by atoms with E-state index in [1.807, 2.05) is 25.7 Å². The second-order valence-corrected chi connectivity index (χ2v) is 13.6. The number of aromatic carboxylic acids is 1. The van der Waals surface area contributed by atoms with E-state index in [-0.39, 0.29) is 38.8 Å². The molecular weight excluding hydrogens is 623 g/mol. The van der Waals surface area contributed by atoms with Gasteiger partial charge in [0.25, 0.3) is 0 Å². The highest BCUT2D eigenvalue weighted by Gasteiger charge is 2.62. The molecule has 242 valence electrons. The Hall–Kier alpha value is -3.08. The number of carbonyl (C=O) groups excluding carboxylic acids is 1. The number of amides is 1. The second-order valence-electron chi connectivity index (χ2n) is 12.8. The molecule has 7 nitrogen and oxygen atoms in total. The van der Waals surface area contributed by atoms with Gasteiger partial charge in [-0.25, -0.2) is 13.6 Å². The zero-order chi connectivity index (χ0) is 33.1. The van der Waals surface area contributed by atoms with Gasteiger partial charge in [0.05, 0.1) is 22.2 Å². The fourth-order valence-corrected chi connectivity index (χ4v) is 6.80. The first-order valence-electron chi connectivity index (χ1n) is 14.9. The van der Waals surface area contributed by atoms with Crippen LogP contribution in [0.2, 0.25) is 10.0 Å². The molecule has 1 amide bonds. The van der Waals surface area contributed by atoms with E-state index in [4.69, 9.17) is 28.9 Å². The molecule has 0 aliphatic carbocycles. The first kappa shape index (κ1) is 34.8. The first-order chi connectivity index (χ1) is 21.2. The van der Waals surface area contributed by atoms with Crippen LogP contribution >= 0.6 is 23.2 Å². The third-order valence-electron chi connectivity index (χ3n) is 8.40. The van der Waals surface area contributed by atoms with Crippen LogP contribution in [0.15, 0.2) is 60.7 Å². The SMILES string of the molecule is CC(C)(C)C[C@@H]1N(CCCCCO)[C@@H](C(=O)Nc2ccc(C(=O)O)cc2)[C@H](c2cccc(Cl)c2F)[C@@]1(N)c1ccc(Cl)cc1F. The van der Waals surface area contributed by atoms with Crippen LogP contribution in [-0.2, 0) is 10.3 Å². The van der Waals surface area contributed by atoms with Crippen LogP contribution < -0.4 is 11.1 Å². The van der Waals surface area contributed by atoms with E-state index in [9.17, 15) is 19.8 Å². The van der Waals surface area contributed by atoms with Crippen LogP contribution in [0.5, 0.6) is 0 Å². The van der Waals surface area contributed by atoms with Crippen molar-refractivity contribution in [2.45, 2.75) is 70.0 Å². The van der Waals surface area contributed by atoms with E-state index in [1.165, 1.54) is 48.5 Å². The van der Waals surface area contributed by atoms with Crippen molar-refractivity contribution in [1.29, 1.82) is 0 Å². The van der Waals surface area contributed by atoms with Crippen molar-refractivity contribution in [3.8, 4) is 0 Å². The minimum Gasteiger partial charge on any atom is -0.478 e. The lowest BCUT2D eigenvalue weighted by Crippen LogP contribution is -2.53. The highest BCUT2D eigenvalue weighted by atomic mass is 35.5. The number of halogens is 4. The van der Waals surface area contributed by atoms with E-state index < -0.39 is 47.1 Å². The number of carboxylic acids is 1. The van der Waals surface area contributed by atoms with Gasteiger partial charge in [0.15, 0.2) is 0 Å². The van der Waals surface area contributed by atoms with Gasteiger partial charge in [0.2, 0.25) is 5.91 Å². The number of nitrogens with two attached hydrogens (primary N) is 1. The molecule has 4 rings (SSSR count). The van der Waals surface area contributed by atoms with E-state index >= 15 is 8.78 Å². The molecule has 0 unspecified atom stereocenters. The Bertz CT molecular complexity index is 1530. The second kappa shape index (κ2) is 14.1. The third kappa shape index (κ3) is 7.50. The summed E-state index contributed by atoms with van der Waals surface area (Å²) in [7, 11) is 0. The molecule has 1 aliphatic heterocycles. The summed E-state index contributed by atoms with van der Waals surface area (Å²) in [5.41, 5.74) is 5.99. The number of unbranched alkanes of at least 4 members (excludes halogenated alkanes) is 2. The van der Waals surface area contributed by atoms with Gasteiger partial charge in [-0.05, 0) is 85.7 Å². The molecule has 0 spiro atoms. The lowest BCUT2D eigenvalue weighted by Gasteiger charge is -2.41. The molecule has 1 heterocycles. The van der Waals surface area contributed by atoms with E-state index in [0.717, 1.165) is 6.07 Å². The first-order valence-corrected chi connectivity index (χ1v) is 15.6. The van der Waals surface area contributed by atoms with Crippen LogP contribution in [0.4, 0.5) is 14.5 Å². The Morgan fingerprint density at radius 2 is 1.71 bits per heavy atom. The van der Waals surface area contributed by atoms with Gasteiger partial charge in [-0.3, -0.25) is 9.69 Å². The number of nitrogens with one attached hydrogen (secondary N) is 1. The smallest absolute Gasteiger partial charge is 0.335 e. The lowest BCUT2D eigenvalue weighted by atomic mass is 9.68. The number of aliphatic hydroxyl groups excluding tert-OH is 1. The molecule has 0 bridgehead atoms. The molecule has 5 N–H and O–H groups in total. The monoisotopic (exact) mass is 661 g/mol. The number of hydrogen-bond donors (Lipinski definition) is 4. The molecule has 3 aromatic rings. The average Bonchev–Trinajstić information content (AvgIpc) is 3.19. The minimum absolute atomic E-state index is 0.00877. The summed E-state index contributed by atoms with van der Waals surface area (Å²) in [6, 6.07) is 12.6. The maximum atomic E-state index is 16.1. The fourth-order valence-electron chi connectivity index (χ4n) is 6.46. The number of aliphatic hydroxyl groups is 1. The van der Waals surface area contributed by atoms with Crippen molar-refractivity contribution < 1.29 is 28.6 Å². The van der Waals surface area contributed by atoms with Gasteiger partial charge in [-0.2, -0.15) is 0 Å². The highest BCUT2D eigenvalue weighted by molar-refractivity contribution is 6.31. The maximum Gasteiger partial charge on any atom is 0.335 e. The van der Waals surface area contributed by atoms with Crippen LogP contribution in [0.25, 0.3) is 0 Å². The Labute approximate surface area is 272 Å². The van der Waals surface area contributed by atoms with Crippen LogP contribution in [0, 0.1) is 17.0 Å². The molecule has 11 heteroatoms. The Kier molecular flexibility index (Phi) is 10.9. The zero-order valence-corrected chi connectivity index (χ0v) is 27.0. The largest absolute Gasteiger partial charge is 0.478 e. The quantitative estimate of drug-likeness (QED) is 0.162. The molecule has 45 heavy (non-hydrogen) atoms. The maximum absolute atomic E-state index is 16.1. The topological polar surface area (TPSA) is 116 Å². The molecule has 4 atom stereocenters. The summed E-state index contributed by atoms with van der Waals surface area (Å²) in [4.78, 5) is 27.8. The number of carbonyl (C=O) groups is 2. The molecule has 0 saturated carbocycles. The van der Waals surface area contributed by atoms with E-state index in [1.54, 1.807) is 6.07 Å². The highest BCUT2D eigenvalue weighted by Crippen LogP contribution is 2.54. The summed E-state index contributed by atoms with van der Waals surface area (Å²) in [5.74, 6) is -4.19. The molecular formula is C34H39Cl2F2N3O4. The Morgan fingerprint density at radius 1 is 1.02 bits per heavy atom. The Balaban J connectivity index is 1.97. The summed E-state index contributed by atoms with van der Waals surface area (Å²) in [6.45, 7) is 6.41. The summed E-state index contributed by atoms with van der Waals surface area (Å²) < 4.78 is 32.1. The van der Waals surface area contributed by atoms with Gasteiger partial charge in [-0.1, -0.05) is 62.2 Å². The number of anilines is 1. The van der Waals surface area contributed by atoms with Crippen molar-refractivity contribution in [2.24, 2.45) is 11.1 Å². The predicted octanol–water partition coefficient (Wildman–Crippen LogP) is 7.20. The molecule has 0 radical (unpaired) electrons. The predicted molar refractivity (Wildman–Crippen MR) is 173 cm³/mol. The van der Waals surface area contributed by atoms with Crippen LogP contribution in [0.1, 0.15) is 73.9 Å². The van der Waals surface area contributed by atoms with Gasteiger partial charge < -0.3 is 21.3 Å². The average molecular weight is 663 g/mol. The van der Waals surface area contributed by atoms with Gasteiger partial charge in [-0.15, -0.1) is 0 Å². The summed E-state index contributed by atoms with van der Waals surface area (Å²) in [5, 5.41) is 21.6. The van der Waals surface area contributed by atoms with Crippen molar-refractivity contribution in [1.82, 2.24) is 4.90 Å². The Morgan fingerprint density at radius 3 is 2.31 bits per heavy atom. The third-order valence-corrected chi connectivity index (χ3v) is 8.93. The van der Waals surface area contributed by atoms with Crippen molar-refractivity contribution >= 4 is 40.8 Å². The van der Waals surface area contributed by atoms with E-state index in [2.05, 4.69) is 5.32 Å². The van der Waals surface area contributed by atoms with Crippen molar-refractivity contribution in [2.75, 3.05) is 18.5 Å². The zero-order valence-electron chi connectivity index (χ0n) is 25.5. The number of carboxylic acid groups (broad SMARTS) is 1.